The molecular weight excluding hydrogens is 274 g/mol. The minimum Gasteiger partial charge on any atom is -0.461 e. The van der Waals surface area contributed by atoms with E-state index in [9.17, 15) is 9.59 Å². The average molecular weight is 289 g/mol. The van der Waals surface area contributed by atoms with E-state index in [4.69, 9.17) is 9.47 Å². The summed E-state index contributed by atoms with van der Waals surface area (Å²) >= 11 is 0. The Kier molecular flexibility index (Phi) is 4.65. The standard InChI is InChI=1S/C14H15N3O4/c1-3-20-13(18)11-12(17-14(19)21-4-2)16-10-8-6-5-7-9(10)15-11/h5-8H,3-4H2,1-2H3,(H,16,17,19). The third kappa shape index (κ3) is 3.44. The molecule has 0 aliphatic carbocycles. The molecule has 2 rings (SSSR count). The fraction of sp³-hybridized carbons (Fsp3) is 0.286. The number of aromatic nitrogens is 2. The number of ether oxygens (including phenoxy) is 2. The minimum atomic E-state index is -0.701. The monoisotopic (exact) mass is 289 g/mol. The van der Waals surface area contributed by atoms with Crippen molar-refractivity contribution in [1.82, 2.24) is 9.97 Å². The third-order valence-electron chi connectivity index (χ3n) is 2.54. The van der Waals surface area contributed by atoms with Gasteiger partial charge in [-0.2, -0.15) is 0 Å². The summed E-state index contributed by atoms with van der Waals surface area (Å²) in [5.41, 5.74) is 1.04. The van der Waals surface area contributed by atoms with Gasteiger partial charge in [0.25, 0.3) is 0 Å². The largest absolute Gasteiger partial charge is 0.461 e. The minimum absolute atomic E-state index is 0.0191. The second kappa shape index (κ2) is 6.65. The number of fused-ring (bicyclic) bond motifs is 1. The number of benzene rings is 1. The highest BCUT2D eigenvalue weighted by Gasteiger charge is 2.19. The van der Waals surface area contributed by atoms with Crippen LogP contribution in [0.4, 0.5) is 10.6 Å². The van der Waals surface area contributed by atoms with Gasteiger partial charge in [0.05, 0.1) is 24.2 Å². The lowest BCUT2D eigenvalue weighted by Crippen LogP contribution is -2.19. The molecule has 21 heavy (non-hydrogen) atoms. The van der Waals surface area contributed by atoms with Gasteiger partial charge in [0.1, 0.15) is 0 Å². The second-order valence-electron chi connectivity index (χ2n) is 3.98. The quantitative estimate of drug-likeness (QED) is 0.869. The van der Waals surface area contributed by atoms with Crippen LogP contribution >= 0.6 is 0 Å². The van der Waals surface area contributed by atoms with Crippen LogP contribution in [0.1, 0.15) is 24.3 Å². The van der Waals surface area contributed by atoms with Crippen molar-refractivity contribution < 1.29 is 19.1 Å². The summed E-state index contributed by atoms with van der Waals surface area (Å²) in [7, 11) is 0. The molecular formula is C14H15N3O4. The van der Waals surface area contributed by atoms with Crippen molar-refractivity contribution in [3.8, 4) is 0 Å². The highest BCUT2D eigenvalue weighted by molar-refractivity contribution is 5.98. The van der Waals surface area contributed by atoms with Crippen molar-refractivity contribution in [3.63, 3.8) is 0 Å². The number of esters is 1. The smallest absolute Gasteiger partial charge is 0.412 e. The predicted octanol–water partition coefficient (Wildman–Crippen LogP) is 2.37. The molecule has 0 saturated carbocycles. The summed E-state index contributed by atoms with van der Waals surface area (Å²) in [6.07, 6.45) is -0.701. The Morgan fingerprint density at radius 2 is 1.67 bits per heavy atom. The van der Waals surface area contributed by atoms with Crippen molar-refractivity contribution in [3.05, 3.63) is 30.0 Å². The van der Waals surface area contributed by atoms with Crippen LogP contribution in [0.15, 0.2) is 24.3 Å². The molecule has 1 aromatic heterocycles. The molecule has 0 unspecified atom stereocenters. The molecule has 7 heteroatoms. The lowest BCUT2D eigenvalue weighted by atomic mass is 10.3. The van der Waals surface area contributed by atoms with Gasteiger partial charge in [-0.3, -0.25) is 5.32 Å². The molecule has 1 heterocycles. The van der Waals surface area contributed by atoms with E-state index in [2.05, 4.69) is 15.3 Å². The van der Waals surface area contributed by atoms with E-state index in [0.717, 1.165) is 0 Å². The first-order valence-corrected chi connectivity index (χ1v) is 6.53. The molecule has 0 bridgehead atoms. The predicted molar refractivity (Wildman–Crippen MR) is 76.1 cm³/mol. The zero-order valence-electron chi connectivity index (χ0n) is 11.8. The fourth-order valence-electron chi connectivity index (χ4n) is 1.69. The summed E-state index contributed by atoms with van der Waals surface area (Å²) in [5.74, 6) is -0.631. The van der Waals surface area contributed by atoms with Gasteiger partial charge in [-0.15, -0.1) is 0 Å². The number of para-hydroxylation sites is 2. The molecule has 1 N–H and O–H groups in total. The average Bonchev–Trinajstić information content (AvgIpc) is 2.47. The van der Waals surface area contributed by atoms with Crippen LogP contribution in [0.2, 0.25) is 0 Å². The Morgan fingerprint density at radius 1 is 1.05 bits per heavy atom. The Bertz CT molecular complexity index is 672. The molecule has 0 radical (unpaired) electrons. The Balaban J connectivity index is 2.45. The van der Waals surface area contributed by atoms with Crippen molar-refractivity contribution >= 4 is 28.9 Å². The van der Waals surface area contributed by atoms with Gasteiger partial charge < -0.3 is 9.47 Å². The van der Waals surface area contributed by atoms with Gasteiger partial charge in [-0.25, -0.2) is 19.6 Å². The Labute approximate surface area is 121 Å². The van der Waals surface area contributed by atoms with Crippen LogP contribution in [-0.2, 0) is 9.47 Å². The van der Waals surface area contributed by atoms with Crippen molar-refractivity contribution in [2.24, 2.45) is 0 Å². The summed E-state index contributed by atoms with van der Waals surface area (Å²) in [6.45, 7) is 3.77. The zero-order valence-corrected chi connectivity index (χ0v) is 11.8. The fourth-order valence-corrected chi connectivity index (χ4v) is 1.69. The lowest BCUT2D eigenvalue weighted by molar-refractivity contribution is 0.0521. The van der Waals surface area contributed by atoms with E-state index in [1.165, 1.54) is 0 Å². The first-order chi connectivity index (χ1) is 10.2. The lowest BCUT2D eigenvalue weighted by Gasteiger charge is -2.10. The van der Waals surface area contributed by atoms with Crippen LogP contribution in [0.25, 0.3) is 11.0 Å². The van der Waals surface area contributed by atoms with E-state index >= 15 is 0 Å². The first-order valence-electron chi connectivity index (χ1n) is 6.53. The molecule has 110 valence electrons. The van der Waals surface area contributed by atoms with Crippen LogP contribution in [0.5, 0.6) is 0 Å². The molecule has 0 atom stereocenters. The molecule has 0 aliphatic heterocycles. The molecule has 0 aliphatic rings. The Morgan fingerprint density at radius 3 is 2.29 bits per heavy atom. The van der Waals surface area contributed by atoms with E-state index in [0.29, 0.717) is 11.0 Å². The van der Waals surface area contributed by atoms with Gasteiger partial charge in [0.2, 0.25) is 0 Å². The third-order valence-corrected chi connectivity index (χ3v) is 2.54. The highest BCUT2D eigenvalue weighted by Crippen LogP contribution is 2.18. The molecule has 0 saturated heterocycles. The van der Waals surface area contributed by atoms with Crippen LogP contribution in [0.3, 0.4) is 0 Å². The van der Waals surface area contributed by atoms with E-state index in [1.54, 1.807) is 38.1 Å². The van der Waals surface area contributed by atoms with Crippen molar-refractivity contribution in [2.45, 2.75) is 13.8 Å². The maximum atomic E-state index is 11.9. The summed E-state index contributed by atoms with van der Waals surface area (Å²) < 4.78 is 9.71. The first kappa shape index (κ1) is 14.7. The molecule has 2 aromatic rings. The number of nitrogens with one attached hydrogen (secondary N) is 1. The normalized spacial score (nSPS) is 10.2. The number of anilines is 1. The van der Waals surface area contributed by atoms with E-state index < -0.39 is 12.1 Å². The topological polar surface area (TPSA) is 90.4 Å². The van der Waals surface area contributed by atoms with Crippen LogP contribution in [0, 0.1) is 0 Å². The number of hydrogen-bond acceptors (Lipinski definition) is 6. The van der Waals surface area contributed by atoms with Gasteiger partial charge >= 0.3 is 12.1 Å². The summed E-state index contributed by atoms with van der Waals surface area (Å²) in [4.78, 5) is 31.9. The SMILES string of the molecule is CCOC(=O)Nc1nc2ccccc2nc1C(=O)OCC. The van der Waals surface area contributed by atoms with Gasteiger partial charge in [0.15, 0.2) is 11.5 Å². The zero-order chi connectivity index (χ0) is 15.2. The molecule has 7 nitrogen and oxygen atoms in total. The van der Waals surface area contributed by atoms with Crippen LogP contribution in [-0.4, -0.2) is 35.2 Å². The summed E-state index contributed by atoms with van der Waals surface area (Å²) in [6, 6.07) is 7.02. The molecule has 0 fully saturated rings. The van der Waals surface area contributed by atoms with Gasteiger partial charge in [-0.05, 0) is 26.0 Å². The number of rotatable bonds is 4. The summed E-state index contributed by atoms with van der Waals surface area (Å²) in [5, 5.41) is 2.41. The molecule has 1 aromatic carbocycles. The van der Waals surface area contributed by atoms with E-state index in [1.807, 2.05) is 0 Å². The maximum absolute atomic E-state index is 11.9. The Hall–Kier alpha value is -2.70. The molecule has 1 amide bonds. The second-order valence-corrected chi connectivity index (χ2v) is 3.98. The number of amides is 1. The van der Waals surface area contributed by atoms with E-state index in [-0.39, 0.29) is 24.7 Å². The number of carbonyl (C=O) groups is 2. The number of nitrogens with zero attached hydrogens (tertiary/aromatic N) is 2. The van der Waals surface area contributed by atoms with Crippen molar-refractivity contribution in [2.75, 3.05) is 18.5 Å². The van der Waals surface area contributed by atoms with Gasteiger partial charge in [-0.1, -0.05) is 12.1 Å². The number of carbonyl (C=O) groups excluding carboxylic acids is 2. The number of hydrogen-bond donors (Lipinski definition) is 1. The van der Waals surface area contributed by atoms with Crippen LogP contribution < -0.4 is 5.32 Å². The highest BCUT2D eigenvalue weighted by atomic mass is 16.5. The van der Waals surface area contributed by atoms with Crippen molar-refractivity contribution in [1.29, 1.82) is 0 Å². The maximum Gasteiger partial charge on any atom is 0.412 e. The van der Waals surface area contributed by atoms with Gasteiger partial charge in [0, 0.05) is 0 Å². The molecule has 0 spiro atoms.